The summed E-state index contributed by atoms with van der Waals surface area (Å²) in [5.41, 5.74) is 10.4. The van der Waals surface area contributed by atoms with Crippen LogP contribution < -0.4 is 0 Å². The van der Waals surface area contributed by atoms with Gasteiger partial charge in [0.25, 0.3) is 0 Å². The molecular formula is C22H31N3O7. The zero-order valence-electron chi connectivity index (χ0n) is 19.1. The van der Waals surface area contributed by atoms with Gasteiger partial charge in [-0.3, -0.25) is 0 Å². The summed E-state index contributed by atoms with van der Waals surface area (Å²) in [7, 11) is 0. The maximum absolute atomic E-state index is 12.3. The highest BCUT2D eigenvalue weighted by Crippen LogP contribution is 2.36. The number of hydrogen-bond acceptors (Lipinski definition) is 8. The van der Waals surface area contributed by atoms with Crippen LogP contribution in [0.2, 0.25) is 0 Å². The SMILES string of the molecule is CCO[C@@H]1OC2COC(c3ccc(C)cc3)O[C@@H]2[C@H](OCC(=O)OC(C)(C)C)C1N=[N+]=[N-]. The van der Waals surface area contributed by atoms with Crippen molar-refractivity contribution in [3.8, 4) is 0 Å². The first-order chi connectivity index (χ1) is 15.2. The lowest BCUT2D eigenvalue weighted by Gasteiger charge is -2.48. The first-order valence-corrected chi connectivity index (χ1v) is 10.7. The van der Waals surface area contributed by atoms with Crippen LogP contribution in [0.3, 0.4) is 0 Å². The van der Waals surface area contributed by atoms with Gasteiger partial charge in [0.1, 0.15) is 36.6 Å². The molecule has 1 aromatic rings. The molecule has 0 saturated carbocycles. The first kappa shape index (κ1) is 24.4. The lowest BCUT2D eigenvalue weighted by molar-refractivity contribution is -0.345. The van der Waals surface area contributed by atoms with Gasteiger partial charge in [0, 0.05) is 17.1 Å². The lowest BCUT2D eigenvalue weighted by atomic mass is 9.96. The number of benzene rings is 1. The van der Waals surface area contributed by atoms with Crippen molar-refractivity contribution in [3.05, 3.63) is 45.8 Å². The number of aryl methyl sites for hydroxylation is 1. The topological polar surface area (TPSA) is 121 Å². The molecular weight excluding hydrogens is 418 g/mol. The molecule has 0 aliphatic carbocycles. The van der Waals surface area contributed by atoms with E-state index < -0.39 is 48.5 Å². The lowest BCUT2D eigenvalue weighted by Crippen LogP contribution is -2.62. The number of fused-ring (bicyclic) bond motifs is 1. The largest absolute Gasteiger partial charge is 0.458 e. The number of nitrogens with zero attached hydrogens (tertiary/aromatic N) is 3. The highest BCUT2D eigenvalue weighted by atomic mass is 16.8. The molecule has 1 aromatic carbocycles. The Hall–Kier alpha value is -2.20. The van der Waals surface area contributed by atoms with Gasteiger partial charge in [-0.1, -0.05) is 34.9 Å². The summed E-state index contributed by atoms with van der Waals surface area (Å²) in [5.74, 6) is -0.532. The minimum Gasteiger partial charge on any atom is -0.458 e. The number of azide groups is 1. The molecule has 3 rings (SSSR count). The maximum atomic E-state index is 12.3. The Morgan fingerprint density at radius 3 is 2.56 bits per heavy atom. The third kappa shape index (κ3) is 6.19. The number of carbonyl (C=O) groups excluding carboxylic acids is 1. The van der Waals surface area contributed by atoms with Crippen molar-refractivity contribution in [2.45, 2.75) is 77.2 Å². The number of ether oxygens (including phenoxy) is 6. The van der Waals surface area contributed by atoms with E-state index in [1.165, 1.54) is 0 Å². The molecule has 6 atom stereocenters. The number of hydrogen-bond donors (Lipinski definition) is 0. The van der Waals surface area contributed by atoms with Crippen molar-refractivity contribution >= 4 is 5.97 Å². The molecule has 2 heterocycles. The summed E-state index contributed by atoms with van der Waals surface area (Å²) >= 11 is 0. The predicted octanol–water partition coefficient (Wildman–Crippen LogP) is 3.58. The summed E-state index contributed by atoms with van der Waals surface area (Å²) in [4.78, 5) is 15.2. The van der Waals surface area contributed by atoms with Crippen LogP contribution in [0, 0.1) is 6.92 Å². The Balaban J connectivity index is 1.82. The summed E-state index contributed by atoms with van der Waals surface area (Å²) < 4.78 is 35.0. The molecule has 176 valence electrons. The molecule has 2 aliphatic heterocycles. The fourth-order valence-corrected chi connectivity index (χ4v) is 3.66. The number of carbonyl (C=O) groups is 1. The molecule has 10 nitrogen and oxygen atoms in total. The van der Waals surface area contributed by atoms with Crippen LogP contribution in [-0.4, -0.2) is 62.0 Å². The molecule has 3 unspecified atom stereocenters. The maximum Gasteiger partial charge on any atom is 0.332 e. The van der Waals surface area contributed by atoms with Gasteiger partial charge in [-0.05, 0) is 40.1 Å². The van der Waals surface area contributed by atoms with Crippen LogP contribution in [0.15, 0.2) is 29.4 Å². The Morgan fingerprint density at radius 1 is 1.22 bits per heavy atom. The summed E-state index contributed by atoms with van der Waals surface area (Å²) in [6.45, 7) is 9.36. The summed E-state index contributed by atoms with van der Waals surface area (Å²) in [6.07, 6.45) is -3.48. The third-order valence-electron chi connectivity index (χ3n) is 4.99. The van der Waals surface area contributed by atoms with Crippen LogP contribution in [0.1, 0.15) is 45.1 Å². The zero-order chi connectivity index (χ0) is 23.3. The van der Waals surface area contributed by atoms with Crippen molar-refractivity contribution in [1.29, 1.82) is 0 Å². The second kappa shape index (κ2) is 10.6. The van der Waals surface area contributed by atoms with E-state index in [0.29, 0.717) is 6.61 Å². The minimum absolute atomic E-state index is 0.224. The van der Waals surface area contributed by atoms with Crippen LogP contribution >= 0.6 is 0 Å². The molecule has 0 amide bonds. The standard InChI is InChI=1S/C22H31N3O7/c1-6-27-21-17(24-25-23)19(28-12-16(26)32-22(3,4)5)18-15(30-21)11-29-20(31-18)14-9-7-13(2)8-10-14/h7-10,15,17-21H,6,11-12H2,1-5H3/t15?,17?,18-,19+,20?,21+/m0/s1. The molecule has 2 saturated heterocycles. The van der Waals surface area contributed by atoms with Crippen LogP contribution in [-0.2, 0) is 33.2 Å². The Morgan fingerprint density at radius 2 is 1.94 bits per heavy atom. The van der Waals surface area contributed by atoms with E-state index in [4.69, 9.17) is 34.0 Å². The van der Waals surface area contributed by atoms with Crippen LogP contribution in [0.25, 0.3) is 10.4 Å². The van der Waals surface area contributed by atoms with Crippen LogP contribution in [0.5, 0.6) is 0 Å². The normalized spacial score (nSPS) is 30.2. The van der Waals surface area contributed by atoms with E-state index >= 15 is 0 Å². The highest BCUT2D eigenvalue weighted by molar-refractivity contribution is 5.71. The van der Waals surface area contributed by atoms with Gasteiger partial charge in [-0.15, -0.1) is 0 Å². The van der Waals surface area contributed by atoms with Gasteiger partial charge in [0.15, 0.2) is 12.6 Å². The van der Waals surface area contributed by atoms with Gasteiger partial charge in [0.05, 0.1) is 6.61 Å². The van der Waals surface area contributed by atoms with Gasteiger partial charge >= 0.3 is 5.97 Å². The fourth-order valence-electron chi connectivity index (χ4n) is 3.66. The van der Waals surface area contributed by atoms with Crippen molar-refractivity contribution < 1.29 is 33.2 Å². The van der Waals surface area contributed by atoms with Gasteiger partial charge in [-0.2, -0.15) is 0 Å². The Labute approximate surface area is 187 Å². The van der Waals surface area contributed by atoms with E-state index in [9.17, 15) is 4.79 Å². The molecule has 0 spiro atoms. The van der Waals surface area contributed by atoms with Crippen molar-refractivity contribution in [1.82, 2.24) is 0 Å². The van der Waals surface area contributed by atoms with Crippen LogP contribution in [0.4, 0.5) is 0 Å². The second-order valence-corrected chi connectivity index (χ2v) is 8.73. The molecule has 2 fully saturated rings. The predicted molar refractivity (Wildman–Crippen MR) is 114 cm³/mol. The Kier molecular flexibility index (Phi) is 8.10. The number of esters is 1. The summed E-state index contributed by atoms with van der Waals surface area (Å²) in [6, 6.07) is 6.93. The van der Waals surface area contributed by atoms with Gasteiger partial charge < -0.3 is 28.4 Å². The van der Waals surface area contributed by atoms with Crippen molar-refractivity contribution in [3.63, 3.8) is 0 Å². The third-order valence-corrected chi connectivity index (χ3v) is 4.99. The fraction of sp³-hybridized carbons (Fsp3) is 0.682. The van der Waals surface area contributed by atoms with E-state index in [1.807, 2.05) is 31.2 Å². The van der Waals surface area contributed by atoms with Crippen molar-refractivity contribution in [2.24, 2.45) is 5.11 Å². The second-order valence-electron chi connectivity index (χ2n) is 8.73. The van der Waals surface area contributed by atoms with E-state index in [0.717, 1.165) is 11.1 Å². The molecule has 0 radical (unpaired) electrons. The van der Waals surface area contributed by atoms with Gasteiger partial charge in [0.2, 0.25) is 0 Å². The van der Waals surface area contributed by atoms with Gasteiger partial charge in [-0.25, -0.2) is 4.79 Å². The molecule has 2 aliphatic rings. The molecule has 0 aromatic heterocycles. The monoisotopic (exact) mass is 449 g/mol. The zero-order valence-corrected chi connectivity index (χ0v) is 19.1. The molecule has 10 heteroatoms. The first-order valence-electron chi connectivity index (χ1n) is 10.7. The molecule has 32 heavy (non-hydrogen) atoms. The van der Waals surface area contributed by atoms with Crippen molar-refractivity contribution in [2.75, 3.05) is 19.8 Å². The smallest absolute Gasteiger partial charge is 0.332 e. The Bertz CT molecular complexity index is 820. The highest BCUT2D eigenvalue weighted by Gasteiger charge is 2.51. The number of rotatable bonds is 7. The molecule has 0 N–H and O–H groups in total. The molecule has 0 bridgehead atoms. The van der Waals surface area contributed by atoms with E-state index in [1.54, 1.807) is 27.7 Å². The quantitative estimate of drug-likeness (QED) is 0.270. The average Bonchev–Trinajstić information content (AvgIpc) is 2.73. The summed E-state index contributed by atoms with van der Waals surface area (Å²) in [5, 5.41) is 3.85. The van der Waals surface area contributed by atoms with E-state index in [2.05, 4.69) is 10.0 Å². The average molecular weight is 450 g/mol. The minimum atomic E-state index is -0.861. The van der Waals surface area contributed by atoms with E-state index in [-0.39, 0.29) is 13.2 Å².